The Morgan fingerprint density at radius 3 is 2.24 bits per heavy atom. The maximum atomic E-state index is 14.1. The Labute approximate surface area is 219 Å². The van der Waals surface area contributed by atoms with Crippen LogP contribution in [0.25, 0.3) is 22.4 Å². The maximum Gasteiger partial charge on any atom is 0.248 e. The van der Waals surface area contributed by atoms with E-state index in [1.54, 1.807) is 11.1 Å². The monoisotopic (exact) mass is 498 g/mol. The molecule has 37 heavy (non-hydrogen) atoms. The lowest BCUT2D eigenvalue weighted by Crippen LogP contribution is -2.32. The van der Waals surface area contributed by atoms with Crippen LogP contribution in [0.4, 0.5) is 8.78 Å². The van der Waals surface area contributed by atoms with Crippen molar-refractivity contribution in [2.45, 2.75) is 101 Å². The van der Waals surface area contributed by atoms with E-state index in [2.05, 4.69) is 61.1 Å². The van der Waals surface area contributed by atoms with Crippen molar-refractivity contribution < 1.29 is 13.3 Å². The lowest BCUT2D eigenvalue weighted by atomic mass is 9.83. The molecule has 1 heterocycles. The average Bonchev–Trinajstić information content (AvgIpc) is 3.68. The molecule has 192 valence electrons. The summed E-state index contributed by atoms with van der Waals surface area (Å²) in [7, 11) is 2.15. The Morgan fingerprint density at radius 2 is 1.54 bits per heavy atom. The predicted octanol–water partition coefficient (Wildman–Crippen LogP) is 9.09. The molecule has 0 saturated heterocycles. The molecule has 1 unspecified atom stereocenters. The van der Waals surface area contributed by atoms with E-state index in [1.807, 2.05) is 0 Å². The average molecular weight is 499 g/mol. The van der Waals surface area contributed by atoms with Crippen LogP contribution in [0.15, 0.2) is 36.5 Å². The molecule has 1 atom stereocenters. The van der Waals surface area contributed by atoms with Gasteiger partial charge < -0.3 is 0 Å². The molecule has 0 radical (unpaired) electrons. The fraction of sp³-hybridized carbons (Fsp3) is 0.500. The molecule has 7 rings (SSSR count). The number of hydrogen-bond acceptors (Lipinski definition) is 0. The van der Waals surface area contributed by atoms with Gasteiger partial charge in [-0.1, -0.05) is 49.9 Å². The SMILES string of the molecule is Cc1c(C2=Cc3cc(C4CCC(F)(F)C4)cc4cc[n+](C)c2c34)cc(C2CCCC2)cc1C1CCCC1. The number of pyridine rings is 1. The van der Waals surface area contributed by atoms with E-state index in [4.69, 9.17) is 0 Å². The minimum atomic E-state index is -2.52. The largest absolute Gasteiger partial charge is 0.248 e. The quantitative estimate of drug-likeness (QED) is 0.247. The molecule has 3 fully saturated rings. The van der Waals surface area contributed by atoms with Crippen molar-refractivity contribution in [3.63, 3.8) is 0 Å². The number of hydrogen-bond donors (Lipinski definition) is 0. The number of nitrogens with zero attached hydrogens (tertiary/aromatic N) is 1. The van der Waals surface area contributed by atoms with Gasteiger partial charge in [-0.15, -0.1) is 0 Å². The molecular weight excluding hydrogens is 460 g/mol. The van der Waals surface area contributed by atoms with Gasteiger partial charge in [-0.2, -0.15) is 0 Å². The smallest absolute Gasteiger partial charge is 0.207 e. The van der Waals surface area contributed by atoms with Crippen LogP contribution in [-0.4, -0.2) is 5.92 Å². The summed E-state index contributed by atoms with van der Waals surface area (Å²) in [5, 5.41) is 2.46. The highest BCUT2D eigenvalue weighted by molar-refractivity contribution is 6.11. The van der Waals surface area contributed by atoms with E-state index in [1.165, 1.54) is 90.1 Å². The molecule has 1 nitrogen and oxygen atoms in total. The summed E-state index contributed by atoms with van der Waals surface area (Å²) in [5.74, 6) is -1.20. The van der Waals surface area contributed by atoms with E-state index in [9.17, 15) is 8.78 Å². The standard InChI is InChI=1S/C34H38F2N/c1-21-29(23-9-5-6-10-23)17-27(22-7-3-4-8-22)18-30(21)31-19-28-16-26(25-11-13-34(35,36)20-25)15-24-12-14-37(2)33(31)32(24)28/h12,14-19,22-23,25H,3-11,13,20H2,1-2H3/q+1. The Kier molecular flexibility index (Phi) is 5.57. The molecule has 2 aromatic carbocycles. The first-order chi connectivity index (χ1) is 17.9. The molecule has 1 aromatic heterocycles. The Hall–Kier alpha value is -2.55. The summed E-state index contributed by atoms with van der Waals surface area (Å²) in [5.41, 5.74) is 10.8. The second kappa shape index (κ2) is 8.75. The fourth-order valence-corrected chi connectivity index (χ4v) is 8.09. The van der Waals surface area contributed by atoms with Crippen LogP contribution in [0.3, 0.4) is 0 Å². The predicted molar refractivity (Wildman–Crippen MR) is 147 cm³/mol. The zero-order chi connectivity index (χ0) is 25.3. The number of rotatable bonds is 4. The van der Waals surface area contributed by atoms with Crippen molar-refractivity contribution in [3.8, 4) is 0 Å². The van der Waals surface area contributed by atoms with Crippen LogP contribution in [0.5, 0.6) is 0 Å². The molecule has 0 aliphatic heterocycles. The second-order valence-corrected chi connectivity index (χ2v) is 12.4. The van der Waals surface area contributed by atoms with Gasteiger partial charge in [0, 0.05) is 18.9 Å². The van der Waals surface area contributed by atoms with Crippen LogP contribution in [0, 0.1) is 6.92 Å². The number of halogens is 2. The van der Waals surface area contributed by atoms with Crippen LogP contribution < -0.4 is 4.57 Å². The van der Waals surface area contributed by atoms with Gasteiger partial charge in [-0.25, -0.2) is 13.3 Å². The van der Waals surface area contributed by atoms with Gasteiger partial charge in [0.2, 0.25) is 11.6 Å². The van der Waals surface area contributed by atoms with E-state index in [-0.39, 0.29) is 18.8 Å². The van der Waals surface area contributed by atoms with Gasteiger partial charge in [0.05, 0.1) is 11.0 Å². The fourth-order valence-electron chi connectivity index (χ4n) is 8.09. The third-order valence-corrected chi connectivity index (χ3v) is 10.1. The van der Waals surface area contributed by atoms with E-state index >= 15 is 0 Å². The third kappa shape index (κ3) is 3.96. The first-order valence-corrected chi connectivity index (χ1v) is 14.6. The lowest BCUT2D eigenvalue weighted by Gasteiger charge is -2.21. The highest BCUT2D eigenvalue weighted by atomic mass is 19.3. The second-order valence-electron chi connectivity index (χ2n) is 12.4. The normalized spacial score (nSPS) is 23.5. The van der Waals surface area contributed by atoms with E-state index < -0.39 is 5.92 Å². The summed E-state index contributed by atoms with van der Waals surface area (Å²) in [6.07, 6.45) is 15.7. The molecule has 0 spiro atoms. The van der Waals surface area contributed by atoms with Crippen molar-refractivity contribution in [1.82, 2.24) is 0 Å². The van der Waals surface area contributed by atoms with Gasteiger partial charge in [-0.3, -0.25) is 0 Å². The molecule has 3 saturated carbocycles. The molecule has 0 amide bonds. The molecule has 4 aliphatic rings. The van der Waals surface area contributed by atoms with Gasteiger partial charge >= 0.3 is 0 Å². The van der Waals surface area contributed by atoms with Crippen LogP contribution in [-0.2, 0) is 7.05 Å². The van der Waals surface area contributed by atoms with Crippen LogP contribution in [0.2, 0.25) is 0 Å². The minimum Gasteiger partial charge on any atom is -0.207 e. The molecule has 4 aliphatic carbocycles. The maximum absolute atomic E-state index is 14.1. The number of alkyl halides is 2. The minimum absolute atomic E-state index is 0.0121. The van der Waals surface area contributed by atoms with Gasteiger partial charge in [0.25, 0.3) is 0 Å². The molecular formula is C34H38F2N+. The summed E-state index contributed by atoms with van der Waals surface area (Å²) in [6, 6.07) is 11.7. The van der Waals surface area contributed by atoms with Crippen LogP contribution in [0.1, 0.15) is 127 Å². The van der Waals surface area contributed by atoms with Crippen molar-refractivity contribution in [2.75, 3.05) is 0 Å². The van der Waals surface area contributed by atoms with Crippen molar-refractivity contribution in [2.24, 2.45) is 7.05 Å². The molecule has 0 N–H and O–H groups in total. The van der Waals surface area contributed by atoms with Crippen molar-refractivity contribution in [3.05, 3.63) is 75.6 Å². The van der Waals surface area contributed by atoms with Gasteiger partial charge in [-0.05, 0) is 102 Å². The topological polar surface area (TPSA) is 3.88 Å². The van der Waals surface area contributed by atoms with Gasteiger partial charge in [0.1, 0.15) is 7.05 Å². The van der Waals surface area contributed by atoms with Crippen molar-refractivity contribution in [1.29, 1.82) is 0 Å². The first-order valence-electron chi connectivity index (χ1n) is 14.6. The number of aryl methyl sites for hydroxylation is 1. The molecule has 3 heteroatoms. The zero-order valence-electron chi connectivity index (χ0n) is 22.3. The summed E-state index contributed by atoms with van der Waals surface area (Å²) < 4.78 is 30.4. The highest BCUT2D eigenvalue weighted by Crippen LogP contribution is 2.48. The number of aromatic nitrogens is 1. The lowest BCUT2D eigenvalue weighted by molar-refractivity contribution is -0.672. The van der Waals surface area contributed by atoms with E-state index in [0.717, 1.165) is 5.56 Å². The third-order valence-electron chi connectivity index (χ3n) is 10.1. The molecule has 0 bridgehead atoms. The number of benzene rings is 2. The first kappa shape index (κ1) is 23.6. The van der Waals surface area contributed by atoms with Crippen LogP contribution >= 0.6 is 0 Å². The summed E-state index contributed by atoms with van der Waals surface area (Å²) >= 11 is 0. The summed E-state index contributed by atoms with van der Waals surface area (Å²) in [6.45, 7) is 2.34. The Morgan fingerprint density at radius 1 is 0.838 bits per heavy atom. The molecule has 3 aromatic rings. The van der Waals surface area contributed by atoms with Gasteiger partial charge in [0.15, 0.2) is 6.20 Å². The zero-order valence-corrected chi connectivity index (χ0v) is 22.3. The van der Waals surface area contributed by atoms with E-state index in [0.29, 0.717) is 18.3 Å². The Bertz CT molecular complexity index is 1420. The summed E-state index contributed by atoms with van der Waals surface area (Å²) in [4.78, 5) is 0. The van der Waals surface area contributed by atoms with Crippen molar-refractivity contribution >= 4 is 22.4 Å². The Balaban J connectivity index is 1.39. The highest BCUT2D eigenvalue weighted by Gasteiger charge is 2.40.